The summed E-state index contributed by atoms with van der Waals surface area (Å²) in [5.74, 6) is 0.889. The van der Waals surface area contributed by atoms with Gasteiger partial charge >= 0.3 is 0 Å². The average molecular weight is 290 g/mol. The maximum absolute atomic E-state index is 4.69. The van der Waals surface area contributed by atoms with E-state index in [0.29, 0.717) is 5.54 Å². The summed E-state index contributed by atoms with van der Waals surface area (Å²) in [5, 5.41) is 8.51. The molecule has 1 aliphatic heterocycles. The topological polar surface area (TPSA) is 33.1 Å². The van der Waals surface area contributed by atoms with Crippen LogP contribution in [0.15, 0.2) is 6.07 Å². The van der Waals surface area contributed by atoms with E-state index < -0.39 is 0 Å². The first-order chi connectivity index (χ1) is 10.1. The van der Waals surface area contributed by atoms with Crippen LogP contribution in [0.4, 0.5) is 0 Å². The van der Waals surface area contributed by atoms with Gasteiger partial charge in [-0.15, -0.1) is 0 Å². The van der Waals surface area contributed by atoms with E-state index in [4.69, 9.17) is 5.10 Å². The fourth-order valence-corrected chi connectivity index (χ4v) is 3.72. The lowest BCUT2D eigenvalue weighted by molar-refractivity contribution is 0.191. The predicted molar refractivity (Wildman–Crippen MR) is 86.3 cm³/mol. The number of hydrogen-bond donors (Lipinski definition) is 1. The highest BCUT2D eigenvalue weighted by Crippen LogP contribution is 2.40. The Morgan fingerprint density at radius 2 is 2.19 bits per heavy atom. The van der Waals surface area contributed by atoms with E-state index in [0.717, 1.165) is 32.0 Å². The molecule has 2 aliphatic rings. The maximum Gasteiger partial charge on any atom is 0.0625 e. The third-order valence-electron chi connectivity index (χ3n) is 5.17. The Morgan fingerprint density at radius 3 is 2.86 bits per heavy atom. The Hall–Kier alpha value is -0.870. The highest BCUT2D eigenvalue weighted by molar-refractivity contribution is 5.11. The molecule has 4 nitrogen and oxygen atoms in total. The quantitative estimate of drug-likeness (QED) is 0.904. The van der Waals surface area contributed by atoms with Crippen molar-refractivity contribution in [2.75, 3.05) is 19.6 Å². The van der Waals surface area contributed by atoms with E-state index in [2.05, 4.69) is 41.7 Å². The van der Waals surface area contributed by atoms with Crippen LogP contribution in [0, 0.1) is 5.92 Å². The van der Waals surface area contributed by atoms with Crippen molar-refractivity contribution in [3.05, 3.63) is 17.5 Å². The van der Waals surface area contributed by atoms with Crippen molar-refractivity contribution in [2.45, 2.75) is 65.1 Å². The highest BCUT2D eigenvalue weighted by Gasteiger charge is 2.42. The van der Waals surface area contributed by atoms with Crippen LogP contribution >= 0.6 is 0 Å². The molecule has 1 aromatic heterocycles. The van der Waals surface area contributed by atoms with Crippen LogP contribution in [0.1, 0.15) is 51.4 Å². The average Bonchev–Trinajstić information content (AvgIpc) is 3.27. The molecule has 21 heavy (non-hydrogen) atoms. The van der Waals surface area contributed by atoms with Crippen molar-refractivity contribution < 1.29 is 0 Å². The fourth-order valence-electron chi connectivity index (χ4n) is 3.72. The zero-order chi connectivity index (χ0) is 14.9. The second-order valence-electron chi connectivity index (χ2n) is 6.98. The van der Waals surface area contributed by atoms with Gasteiger partial charge in [-0.3, -0.25) is 9.58 Å². The second-order valence-corrected chi connectivity index (χ2v) is 6.98. The van der Waals surface area contributed by atoms with E-state index in [9.17, 15) is 0 Å². The minimum atomic E-state index is 0.321. The number of nitrogens with one attached hydrogen (secondary N) is 1. The SMILES string of the molecule is CCc1cc(CN2CCCNC(C)(C3CC3)C2)n(CC)n1. The van der Waals surface area contributed by atoms with Gasteiger partial charge in [0.1, 0.15) is 0 Å². The molecule has 2 fully saturated rings. The standard InChI is InChI=1S/C17H30N4/c1-4-15-11-16(21(5-2)19-15)12-20-10-6-9-18-17(3,13-20)14-7-8-14/h11,14,18H,4-10,12-13H2,1-3H3. The molecule has 1 aromatic rings. The first-order valence-electron chi connectivity index (χ1n) is 8.67. The Morgan fingerprint density at radius 1 is 1.38 bits per heavy atom. The van der Waals surface area contributed by atoms with Crippen molar-refractivity contribution in [2.24, 2.45) is 5.92 Å². The van der Waals surface area contributed by atoms with Crippen LogP contribution in [0.3, 0.4) is 0 Å². The Labute approximate surface area is 128 Å². The summed E-state index contributed by atoms with van der Waals surface area (Å²) >= 11 is 0. The van der Waals surface area contributed by atoms with E-state index >= 15 is 0 Å². The third kappa shape index (κ3) is 3.32. The van der Waals surface area contributed by atoms with Gasteiger partial charge in [0.2, 0.25) is 0 Å². The number of aryl methyl sites for hydroxylation is 2. The molecule has 118 valence electrons. The van der Waals surface area contributed by atoms with E-state index in [-0.39, 0.29) is 0 Å². The van der Waals surface area contributed by atoms with Crippen molar-refractivity contribution in [1.82, 2.24) is 20.0 Å². The van der Waals surface area contributed by atoms with Crippen LogP contribution in [0.5, 0.6) is 0 Å². The van der Waals surface area contributed by atoms with Crippen molar-refractivity contribution in [3.8, 4) is 0 Å². The number of aromatic nitrogens is 2. The zero-order valence-electron chi connectivity index (χ0n) is 13.9. The minimum Gasteiger partial charge on any atom is -0.310 e. The number of nitrogens with zero attached hydrogens (tertiary/aromatic N) is 3. The first kappa shape index (κ1) is 15.0. The molecular formula is C17H30N4. The summed E-state index contributed by atoms with van der Waals surface area (Å²) in [5.41, 5.74) is 2.93. The van der Waals surface area contributed by atoms with Crippen LogP contribution in [0.2, 0.25) is 0 Å². The molecule has 1 N–H and O–H groups in total. The number of hydrogen-bond acceptors (Lipinski definition) is 3. The zero-order valence-corrected chi connectivity index (χ0v) is 13.9. The normalized spacial score (nSPS) is 27.8. The molecule has 0 radical (unpaired) electrons. The highest BCUT2D eigenvalue weighted by atomic mass is 15.3. The van der Waals surface area contributed by atoms with Crippen molar-refractivity contribution in [1.29, 1.82) is 0 Å². The molecule has 3 rings (SSSR count). The molecule has 0 aromatic carbocycles. The van der Waals surface area contributed by atoms with Crippen molar-refractivity contribution in [3.63, 3.8) is 0 Å². The van der Waals surface area contributed by atoms with E-state index in [1.165, 1.54) is 43.7 Å². The van der Waals surface area contributed by atoms with Gasteiger partial charge < -0.3 is 5.32 Å². The molecule has 0 amide bonds. The molecule has 1 aliphatic carbocycles. The van der Waals surface area contributed by atoms with Gasteiger partial charge in [-0.25, -0.2) is 0 Å². The molecule has 0 spiro atoms. The monoisotopic (exact) mass is 290 g/mol. The second kappa shape index (κ2) is 6.09. The van der Waals surface area contributed by atoms with Gasteiger partial charge in [0.05, 0.1) is 11.4 Å². The van der Waals surface area contributed by atoms with Crippen LogP contribution in [-0.4, -0.2) is 39.9 Å². The minimum absolute atomic E-state index is 0.321. The van der Waals surface area contributed by atoms with Gasteiger partial charge in [-0.2, -0.15) is 5.10 Å². The third-order valence-corrected chi connectivity index (χ3v) is 5.17. The van der Waals surface area contributed by atoms with Crippen LogP contribution in [-0.2, 0) is 19.5 Å². The Kier molecular flexibility index (Phi) is 4.36. The first-order valence-corrected chi connectivity index (χ1v) is 8.67. The molecule has 0 bridgehead atoms. The molecule has 1 saturated heterocycles. The van der Waals surface area contributed by atoms with Gasteiger partial charge in [-0.1, -0.05) is 6.92 Å². The molecule has 1 saturated carbocycles. The van der Waals surface area contributed by atoms with Crippen LogP contribution in [0.25, 0.3) is 0 Å². The summed E-state index contributed by atoms with van der Waals surface area (Å²) < 4.78 is 2.19. The fraction of sp³-hybridized carbons (Fsp3) is 0.824. The summed E-state index contributed by atoms with van der Waals surface area (Å²) in [7, 11) is 0. The lowest BCUT2D eigenvalue weighted by Crippen LogP contribution is -2.50. The van der Waals surface area contributed by atoms with Gasteiger partial charge in [0.25, 0.3) is 0 Å². The van der Waals surface area contributed by atoms with Crippen LogP contribution < -0.4 is 5.32 Å². The summed E-state index contributed by atoms with van der Waals surface area (Å²) in [6.45, 7) is 12.4. The summed E-state index contributed by atoms with van der Waals surface area (Å²) in [4.78, 5) is 2.64. The molecule has 2 heterocycles. The smallest absolute Gasteiger partial charge is 0.0625 e. The molecular weight excluding hydrogens is 260 g/mol. The summed E-state index contributed by atoms with van der Waals surface area (Å²) in [6.07, 6.45) is 5.10. The van der Waals surface area contributed by atoms with Gasteiger partial charge in [0.15, 0.2) is 0 Å². The summed E-state index contributed by atoms with van der Waals surface area (Å²) in [6, 6.07) is 2.30. The Balaban J connectivity index is 1.72. The van der Waals surface area contributed by atoms with Crippen molar-refractivity contribution >= 4 is 0 Å². The molecule has 1 unspecified atom stereocenters. The molecule has 1 atom stereocenters. The van der Waals surface area contributed by atoms with E-state index in [1.807, 2.05) is 0 Å². The lowest BCUT2D eigenvalue weighted by atomic mass is 9.95. The Bertz CT molecular complexity index is 477. The molecule has 4 heteroatoms. The predicted octanol–water partition coefficient (Wildman–Crippen LogP) is 2.43. The van der Waals surface area contributed by atoms with Gasteiger partial charge in [-0.05, 0) is 64.6 Å². The maximum atomic E-state index is 4.69. The van der Waals surface area contributed by atoms with E-state index in [1.54, 1.807) is 0 Å². The lowest BCUT2D eigenvalue weighted by Gasteiger charge is -2.34. The number of rotatable bonds is 5. The van der Waals surface area contributed by atoms with Gasteiger partial charge in [0, 0.05) is 25.2 Å². The largest absolute Gasteiger partial charge is 0.310 e.